The molecule has 0 aliphatic carbocycles. The SMILES string of the molecule is c1ccc(C[Se]c2cnccn2)cc1. The summed E-state index contributed by atoms with van der Waals surface area (Å²) in [4.78, 5) is 8.31. The second kappa shape index (κ2) is 4.89. The summed E-state index contributed by atoms with van der Waals surface area (Å²) in [5.41, 5.74) is 1.37. The quantitative estimate of drug-likeness (QED) is 0.759. The average molecular weight is 249 g/mol. The number of rotatable bonds is 3. The van der Waals surface area contributed by atoms with Gasteiger partial charge in [-0.1, -0.05) is 0 Å². The van der Waals surface area contributed by atoms with Crippen molar-refractivity contribution in [1.29, 1.82) is 0 Å². The third kappa shape index (κ3) is 2.66. The second-order valence-electron chi connectivity index (χ2n) is 2.82. The molecule has 0 aliphatic heterocycles. The topological polar surface area (TPSA) is 25.8 Å². The molecule has 3 heteroatoms. The summed E-state index contributed by atoms with van der Waals surface area (Å²) in [7, 11) is 0. The third-order valence-electron chi connectivity index (χ3n) is 1.77. The molecule has 0 fully saturated rings. The van der Waals surface area contributed by atoms with Gasteiger partial charge in [-0.3, -0.25) is 0 Å². The minimum atomic E-state index is 0.398. The molecule has 0 amide bonds. The van der Waals surface area contributed by atoms with E-state index in [-0.39, 0.29) is 0 Å². The standard InChI is InChI=1S/C11H10N2Se/c1-2-4-10(5-3-1)9-14-11-8-12-6-7-13-11/h1-8H,9H2. The van der Waals surface area contributed by atoms with E-state index in [2.05, 4.69) is 34.2 Å². The van der Waals surface area contributed by atoms with Gasteiger partial charge in [0.25, 0.3) is 0 Å². The Bertz CT molecular complexity index is 336. The van der Waals surface area contributed by atoms with Gasteiger partial charge in [0.2, 0.25) is 0 Å². The molecule has 1 aromatic heterocycles. The molecule has 0 atom stereocenters. The molecule has 0 radical (unpaired) electrons. The molecule has 2 nitrogen and oxygen atoms in total. The Morgan fingerprint density at radius 3 is 2.64 bits per heavy atom. The first-order chi connectivity index (χ1) is 6.95. The second-order valence-corrected chi connectivity index (χ2v) is 4.91. The van der Waals surface area contributed by atoms with Crippen molar-refractivity contribution in [1.82, 2.24) is 9.97 Å². The van der Waals surface area contributed by atoms with Gasteiger partial charge in [-0.15, -0.1) is 0 Å². The van der Waals surface area contributed by atoms with Crippen LogP contribution in [0.4, 0.5) is 0 Å². The van der Waals surface area contributed by atoms with Crippen molar-refractivity contribution < 1.29 is 0 Å². The molecule has 0 saturated carbocycles. The fraction of sp³-hybridized carbons (Fsp3) is 0.0909. The van der Waals surface area contributed by atoms with Crippen LogP contribution in [0, 0.1) is 0 Å². The molecule has 2 aromatic rings. The van der Waals surface area contributed by atoms with Crippen LogP contribution in [-0.2, 0) is 5.32 Å². The maximum absolute atomic E-state index is 4.26. The molecule has 0 unspecified atom stereocenters. The van der Waals surface area contributed by atoms with Crippen LogP contribution < -0.4 is 4.59 Å². The van der Waals surface area contributed by atoms with E-state index in [0.29, 0.717) is 15.0 Å². The van der Waals surface area contributed by atoms with Crippen LogP contribution in [0.25, 0.3) is 0 Å². The third-order valence-corrected chi connectivity index (χ3v) is 3.83. The number of benzene rings is 1. The van der Waals surface area contributed by atoms with Crippen LogP contribution in [-0.4, -0.2) is 24.9 Å². The summed E-state index contributed by atoms with van der Waals surface area (Å²) in [6.45, 7) is 0. The number of hydrogen-bond donors (Lipinski definition) is 0. The van der Waals surface area contributed by atoms with Crippen molar-refractivity contribution >= 4 is 19.5 Å². The zero-order valence-corrected chi connectivity index (χ0v) is 9.34. The molecule has 70 valence electrons. The summed E-state index contributed by atoms with van der Waals surface area (Å²) in [6.07, 6.45) is 5.31. The van der Waals surface area contributed by atoms with Crippen LogP contribution in [0.15, 0.2) is 48.9 Å². The molecule has 0 N–H and O–H groups in total. The van der Waals surface area contributed by atoms with Gasteiger partial charge in [-0.2, -0.15) is 0 Å². The fourth-order valence-electron chi connectivity index (χ4n) is 1.09. The van der Waals surface area contributed by atoms with Gasteiger partial charge in [0.15, 0.2) is 0 Å². The summed E-state index contributed by atoms with van der Waals surface area (Å²) in [5, 5.41) is 1.09. The Morgan fingerprint density at radius 1 is 1.07 bits per heavy atom. The number of hydrogen-bond acceptors (Lipinski definition) is 2. The summed E-state index contributed by atoms with van der Waals surface area (Å²) >= 11 is 0.398. The zero-order valence-electron chi connectivity index (χ0n) is 7.63. The number of nitrogens with zero attached hydrogens (tertiary/aromatic N) is 2. The van der Waals surface area contributed by atoms with Crippen LogP contribution >= 0.6 is 0 Å². The van der Waals surface area contributed by atoms with Crippen molar-refractivity contribution in [2.45, 2.75) is 5.32 Å². The van der Waals surface area contributed by atoms with E-state index in [1.807, 2.05) is 12.3 Å². The fourth-order valence-corrected chi connectivity index (χ4v) is 2.72. The van der Waals surface area contributed by atoms with E-state index in [9.17, 15) is 0 Å². The van der Waals surface area contributed by atoms with E-state index < -0.39 is 0 Å². The van der Waals surface area contributed by atoms with Gasteiger partial charge in [0.1, 0.15) is 0 Å². The average Bonchev–Trinajstić information content (AvgIpc) is 2.29. The zero-order chi connectivity index (χ0) is 9.64. The van der Waals surface area contributed by atoms with E-state index in [1.165, 1.54) is 5.56 Å². The van der Waals surface area contributed by atoms with Gasteiger partial charge in [0, 0.05) is 0 Å². The van der Waals surface area contributed by atoms with Crippen LogP contribution in [0.5, 0.6) is 0 Å². The first kappa shape index (κ1) is 9.38. The van der Waals surface area contributed by atoms with Crippen LogP contribution in [0.3, 0.4) is 0 Å². The Labute approximate surface area is 89.6 Å². The Kier molecular flexibility index (Phi) is 3.28. The molecule has 0 saturated heterocycles. The maximum atomic E-state index is 4.26. The van der Waals surface area contributed by atoms with Crippen molar-refractivity contribution in [2.24, 2.45) is 0 Å². The van der Waals surface area contributed by atoms with Crippen molar-refractivity contribution in [3.63, 3.8) is 0 Å². The first-order valence-electron chi connectivity index (χ1n) is 4.38. The molecular formula is C11H10N2Se. The Hall–Kier alpha value is -1.18. The molecular weight excluding hydrogens is 239 g/mol. The molecule has 14 heavy (non-hydrogen) atoms. The van der Waals surface area contributed by atoms with Crippen molar-refractivity contribution in [2.75, 3.05) is 0 Å². The molecule has 1 aromatic carbocycles. The van der Waals surface area contributed by atoms with Gasteiger partial charge in [-0.25, -0.2) is 0 Å². The normalized spacial score (nSPS) is 10.0. The monoisotopic (exact) mass is 250 g/mol. The number of aromatic nitrogens is 2. The van der Waals surface area contributed by atoms with E-state index in [4.69, 9.17) is 0 Å². The predicted octanol–water partition coefficient (Wildman–Crippen LogP) is 1.01. The molecule has 0 aliphatic rings. The van der Waals surface area contributed by atoms with Crippen molar-refractivity contribution in [3.8, 4) is 0 Å². The summed E-state index contributed by atoms with van der Waals surface area (Å²) in [5.74, 6) is 0. The Morgan fingerprint density at radius 2 is 1.93 bits per heavy atom. The summed E-state index contributed by atoms with van der Waals surface area (Å²) < 4.78 is 1.11. The van der Waals surface area contributed by atoms with E-state index in [1.54, 1.807) is 12.4 Å². The van der Waals surface area contributed by atoms with Gasteiger partial charge in [-0.05, 0) is 0 Å². The Balaban J connectivity index is 1.96. The molecule has 1 heterocycles. The van der Waals surface area contributed by atoms with Gasteiger partial charge >= 0.3 is 89.3 Å². The molecule has 0 bridgehead atoms. The van der Waals surface area contributed by atoms with Crippen molar-refractivity contribution in [3.05, 3.63) is 54.5 Å². The summed E-state index contributed by atoms with van der Waals surface area (Å²) in [6, 6.07) is 10.5. The molecule has 2 rings (SSSR count). The van der Waals surface area contributed by atoms with E-state index in [0.717, 1.165) is 9.91 Å². The van der Waals surface area contributed by atoms with Gasteiger partial charge in [0.05, 0.1) is 0 Å². The molecule has 0 spiro atoms. The minimum absolute atomic E-state index is 0.398. The van der Waals surface area contributed by atoms with E-state index >= 15 is 0 Å². The van der Waals surface area contributed by atoms with Gasteiger partial charge < -0.3 is 0 Å². The van der Waals surface area contributed by atoms with Crippen LogP contribution in [0.1, 0.15) is 5.56 Å². The van der Waals surface area contributed by atoms with Crippen LogP contribution in [0.2, 0.25) is 0 Å². The first-order valence-corrected chi connectivity index (χ1v) is 6.45. The predicted molar refractivity (Wildman–Crippen MR) is 57.6 cm³/mol.